The van der Waals surface area contributed by atoms with E-state index in [0.29, 0.717) is 37.7 Å². The maximum absolute atomic E-state index is 13.8. The minimum absolute atomic E-state index is 0.0625. The molecule has 11 heteroatoms. The number of rotatable bonds is 7. The number of allylic oxidation sites excluding steroid dienone is 1. The minimum Gasteiger partial charge on any atom is -0.463 e. The van der Waals surface area contributed by atoms with E-state index in [1.165, 1.54) is 22.0 Å². The molecule has 0 radical (unpaired) electrons. The second kappa shape index (κ2) is 11.0. The molecule has 1 aliphatic heterocycles. The Morgan fingerprint density at radius 3 is 2.56 bits per heavy atom. The molecule has 5 rings (SSSR count). The summed E-state index contributed by atoms with van der Waals surface area (Å²) in [6.45, 7) is 5.43. The zero-order valence-electron chi connectivity index (χ0n) is 23.2. The van der Waals surface area contributed by atoms with Gasteiger partial charge in [0.2, 0.25) is 0 Å². The smallest absolute Gasteiger partial charge is 0.338 e. The van der Waals surface area contributed by atoms with E-state index in [9.17, 15) is 19.7 Å². The van der Waals surface area contributed by atoms with Gasteiger partial charge in [-0.2, -0.15) is 0 Å². The Labute approximate surface area is 239 Å². The maximum Gasteiger partial charge on any atom is 0.338 e. The zero-order chi connectivity index (χ0) is 29.4. The van der Waals surface area contributed by atoms with Crippen LogP contribution in [0, 0.1) is 17.0 Å². The SMILES string of the molecule is CCOC(=O)C1=C(C)N=c2s/c(=C\c3ccc(-c4ccc(C)cc4[N+](=O)[O-])o3)c(=O)n2[C@@H]1c1ccc(N(C)C)cc1. The largest absolute Gasteiger partial charge is 0.463 e. The highest BCUT2D eigenvalue weighted by Gasteiger charge is 2.33. The van der Waals surface area contributed by atoms with Crippen LogP contribution in [0.15, 0.2) is 80.1 Å². The number of nitro groups is 1. The van der Waals surface area contributed by atoms with Gasteiger partial charge in [0.25, 0.3) is 11.2 Å². The topological polar surface area (TPSA) is 120 Å². The lowest BCUT2D eigenvalue weighted by atomic mass is 9.95. The third kappa shape index (κ3) is 5.23. The standard InChI is InChI=1S/C30H28N4O6S/c1-6-39-29(36)26-18(3)31-30-33(27(26)19-8-10-20(11-9-19)32(4)5)28(35)25(41-30)16-21-12-14-24(40-21)22-13-7-17(2)15-23(22)34(37)38/h7-16,27H,6H2,1-5H3/b25-16-/t27-/m1/s1. The molecular weight excluding hydrogens is 544 g/mol. The molecule has 1 aliphatic rings. The van der Waals surface area contributed by atoms with Gasteiger partial charge in [0, 0.05) is 31.9 Å². The molecule has 0 spiro atoms. The van der Waals surface area contributed by atoms with Crippen molar-refractivity contribution >= 4 is 34.8 Å². The van der Waals surface area contributed by atoms with Gasteiger partial charge < -0.3 is 14.1 Å². The predicted molar refractivity (Wildman–Crippen MR) is 157 cm³/mol. The van der Waals surface area contributed by atoms with Crippen molar-refractivity contribution in [1.29, 1.82) is 0 Å². The number of carbonyl (C=O) groups is 1. The molecule has 1 atom stereocenters. The van der Waals surface area contributed by atoms with Crippen LogP contribution >= 0.6 is 11.3 Å². The summed E-state index contributed by atoms with van der Waals surface area (Å²) in [7, 11) is 3.87. The minimum atomic E-state index is -0.731. The number of hydrogen-bond donors (Lipinski definition) is 0. The van der Waals surface area contributed by atoms with Crippen LogP contribution in [0.3, 0.4) is 0 Å². The highest BCUT2D eigenvalue weighted by atomic mass is 32.1. The van der Waals surface area contributed by atoms with Crippen molar-refractivity contribution in [2.45, 2.75) is 26.8 Å². The summed E-state index contributed by atoms with van der Waals surface area (Å²) in [5.41, 5.74) is 3.20. The molecule has 10 nitrogen and oxygen atoms in total. The van der Waals surface area contributed by atoms with Gasteiger partial charge in [-0.05, 0) is 62.2 Å². The lowest BCUT2D eigenvalue weighted by Gasteiger charge is -2.25. The molecule has 3 heterocycles. The van der Waals surface area contributed by atoms with Crippen LogP contribution < -0.4 is 19.8 Å². The number of benzene rings is 2. The third-order valence-corrected chi connectivity index (χ3v) is 7.74. The van der Waals surface area contributed by atoms with Crippen LogP contribution in [-0.4, -0.2) is 36.2 Å². The van der Waals surface area contributed by atoms with Gasteiger partial charge >= 0.3 is 5.97 Å². The Balaban J connectivity index is 1.63. The fourth-order valence-corrected chi connectivity index (χ4v) is 5.79. The van der Waals surface area contributed by atoms with Crippen molar-refractivity contribution in [3.63, 3.8) is 0 Å². The fraction of sp³-hybridized carbons (Fsp3) is 0.233. The van der Waals surface area contributed by atoms with E-state index >= 15 is 0 Å². The van der Waals surface area contributed by atoms with Crippen LogP contribution in [0.4, 0.5) is 11.4 Å². The lowest BCUT2D eigenvalue weighted by molar-refractivity contribution is -0.384. The quantitative estimate of drug-likeness (QED) is 0.184. The summed E-state index contributed by atoms with van der Waals surface area (Å²) in [5, 5.41) is 11.6. The van der Waals surface area contributed by atoms with Gasteiger partial charge in [0.15, 0.2) is 4.80 Å². The average molecular weight is 573 g/mol. The molecule has 0 fully saturated rings. The predicted octanol–water partition coefficient (Wildman–Crippen LogP) is 4.34. The first-order valence-electron chi connectivity index (χ1n) is 12.9. The highest BCUT2D eigenvalue weighted by Crippen LogP contribution is 2.33. The summed E-state index contributed by atoms with van der Waals surface area (Å²) in [5.74, 6) is 0.142. The van der Waals surface area contributed by atoms with E-state index in [1.807, 2.05) is 43.3 Å². The Hall–Kier alpha value is -4.77. The number of aromatic nitrogens is 1. The first-order valence-corrected chi connectivity index (χ1v) is 13.7. The highest BCUT2D eigenvalue weighted by molar-refractivity contribution is 7.07. The van der Waals surface area contributed by atoms with Gasteiger partial charge in [-0.3, -0.25) is 19.5 Å². The summed E-state index contributed by atoms with van der Waals surface area (Å²) < 4.78 is 13.1. The van der Waals surface area contributed by atoms with E-state index < -0.39 is 16.9 Å². The van der Waals surface area contributed by atoms with Gasteiger partial charge in [-0.1, -0.05) is 29.5 Å². The molecule has 41 heavy (non-hydrogen) atoms. The molecule has 210 valence electrons. The van der Waals surface area contributed by atoms with Crippen molar-refractivity contribution in [2.24, 2.45) is 4.99 Å². The van der Waals surface area contributed by atoms with Crippen molar-refractivity contribution < 1.29 is 18.9 Å². The van der Waals surface area contributed by atoms with Crippen LogP contribution in [0.1, 0.15) is 36.8 Å². The summed E-state index contributed by atoms with van der Waals surface area (Å²) in [4.78, 5) is 45.1. The number of ether oxygens (including phenoxy) is 1. The van der Waals surface area contributed by atoms with Crippen LogP contribution in [-0.2, 0) is 9.53 Å². The van der Waals surface area contributed by atoms with Crippen LogP contribution in [0.5, 0.6) is 0 Å². The average Bonchev–Trinajstić information content (AvgIpc) is 3.52. The Morgan fingerprint density at radius 1 is 1.17 bits per heavy atom. The summed E-state index contributed by atoms with van der Waals surface area (Å²) in [6, 6.07) is 15.1. The van der Waals surface area contributed by atoms with Crippen molar-refractivity contribution in [2.75, 3.05) is 25.6 Å². The van der Waals surface area contributed by atoms with E-state index in [1.54, 1.807) is 51.1 Å². The number of nitrogens with zero attached hydrogens (tertiary/aromatic N) is 4. The van der Waals surface area contributed by atoms with E-state index in [0.717, 1.165) is 16.8 Å². The monoisotopic (exact) mass is 572 g/mol. The number of hydrogen-bond acceptors (Lipinski definition) is 9. The van der Waals surface area contributed by atoms with E-state index in [-0.39, 0.29) is 17.9 Å². The van der Waals surface area contributed by atoms with E-state index in [2.05, 4.69) is 4.99 Å². The number of anilines is 1. The number of carbonyl (C=O) groups excluding carboxylic acids is 1. The molecule has 0 bridgehead atoms. The van der Waals surface area contributed by atoms with Crippen LogP contribution in [0.25, 0.3) is 17.4 Å². The molecule has 2 aromatic carbocycles. The number of esters is 1. The number of aryl methyl sites for hydroxylation is 1. The Bertz CT molecular complexity index is 1880. The molecule has 2 aromatic heterocycles. The molecule has 0 unspecified atom stereocenters. The van der Waals surface area contributed by atoms with Crippen molar-refractivity contribution in [3.8, 4) is 11.3 Å². The normalized spacial score (nSPS) is 15.0. The van der Waals surface area contributed by atoms with Gasteiger partial charge in [0.05, 0.1) is 38.9 Å². The lowest BCUT2D eigenvalue weighted by Crippen LogP contribution is -2.39. The Morgan fingerprint density at radius 2 is 1.90 bits per heavy atom. The zero-order valence-corrected chi connectivity index (χ0v) is 24.0. The molecule has 0 amide bonds. The molecule has 0 N–H and O–H groups in total. The second-order valence-electron chi connectivity index (χ2n) is 9.77. The number of nitro benzene ring substituents is 1. The summed E-state index contributed by atoms with van der Waals surface area (Å²) in [6.07, 6.45) is 1.59. The first-order chi connectivity index (χ1) is 19.6. The molecule has 0 saturated heterocycles. The van der Waals surface area contributed by atoms with E-state index in [4.69, 9.17) is 9.15 Å². The summed E-state index contributed by atoms with van der Waals surface area (Å²) >= 11 is 1.17. The fourth-order valence-electron chi connectivity index (χ4n) is 4.77. The molecule has 4 aromatic rings. The van der Waals surface area contributed by atoms with Crippen molar-refractivity contribution in [1.82, 2.24) is 4.57 Å². The number of furan rings is 1. The van der Waals surface area contributed by atoms with Crippen molar-refractivity contribution in [3.05, 3.63) is 113 Å². The van der Waals surface area contributed by atoms with Gasteiger partial charge in [-0.15, -0.1) is 0 Å². The third-order valence-electron chi connectivity index (χ3n) is 6.76. The molecule has 0 aliphatic carbocycles. The van der Waals surface area contributed by atoms with Gasteiger partial charge in [-0.25, -0.2) is 9.79 Å². The number of thiazole rings is 1. The Kier molecular flexibility index (Phi) is 7.46. The molecular formula is C30H28N4O6S. The maximum atomic E-state index is 13.8. The first kappa shape index (κ1) is 27.8. The second-order valence-corrected chi connectivity index (χ2v) is 10.8. The van der Waals surface area contributed by atoms with Gasteiger partial charge in [0.1, 0.15) is 11.5 Å². The molecule has 0 saturated carbocycles. The van der Waals surface area contributed by atoms with Crippen LogP contribution in [0.2, 0.25) is 0 Å². The number of fused-ring (bicyclic) bond motifs is 1.